The van der Waals surface area contributed by atoms with Crippen molar-refractivity contribution in [1.29, 1.82) is 0 Å². The van der Waals surface area contributed by atoms with Crippen LogP contribution in [0.25, 0.3) is 33.3 Å². The number of para-hydroxylation sites is 2. The molecule has 3 fully saturated rings. The van der Waals surface area contributed by atoms with Crippen LogP contribution in [-0.2, 0) is 0 Å². The van der Waals surface area contributed by atoms with Gasteiger partial charge in [0.05, 0.1) is 0 Å². The third kappa shape index (κ3) is 3.11. The van der Waals surface area contributed by atoms with Crippen LogP contribution in [0.2, 0.25) is 9.73 Å². The van der Waals surface area contributed by atoms with E-state index in [1.165, 1.54) is 25.9 Å². The van der Waals surface area contributed by atoms with E-state index in [1.807, 2.05) is 42.5 Å². The Labute approximate surface area is 185 Å². The second-order valence-corrected chi connectivity index (χ2v) is 11.6. The van der Waals surface area contributed by atoms with E-state index in [0.717, 1.165) is 38.8 Å². The Balaban J connectivity index is 1.56. The summed E-state index contributed by atoms with van der Waals surface area (Å²) in [5.74, 6) is 1.43. The zero-order chi connectivity index (χ0) is 20.2. The first kappa shape index (κ1) is 18.7. The van der Waals surface area contributed by atoms with Crippen molar-refractivity contribution in [2.24, 2.45) is 5.92 Å². The number of rotatable bonds is 3. The van der Waals surface area contributed by atoms with Crippen molar-refractivity contribution in [2.75, 3.05) is 19.6 Å². The van der Waals surface area contributed by atoms with E-state index in [9.17, 15) is 4.79 Å². The number of aromatic nitrogens is 3. The van der Waals surface area contributed by atoms with Crippen LogP contribution in [0.5, 0.6) is 0 Å². The number of aromatic amines is 2. The molecule has 2 aromatic carbocycles. The Morgan fingerprint density at radius 1 is 1.07 bits per heavy atom. The molecule has 5 heterocycles. The Morgan fingerprint density at radius 2 is 1.90 bits per heavy atom. The molecular formula is C23H21AsClN4O. The van der Waals surface area contributed by atoms with Crippen molar-refractivity contribution in [3.05, 3.63) is 57.8 Å². The monoisotopic (exact) mass is 479 g/mol. The molecule has 7 heteroatoms. The van der Waals surface area contributed by atoms with E-state index in [0.29, 0.717) is 21.1 Å². The van der Waals surface area contributed by atoms with Gasteiger partial charge in [-0.3, -0.25) is 0 Å². The van der Waals surface area contributed by atoms with Gasteiger partial charge in [0.25, 0.3) is 0 Å². The van der Waals surface area contributed by atoms with Gasteiger partial charge in [-0.1, -0.05) is 0 Å². The van der Waals surface area contributed by atoms with E-state index >= 15 is 0 Å². The van der Waals surface area contributed by atoms with E-state index in [-0.39, 0.29) is 21.3 Å². The summed E-state index contributed by atoms with van der Waals surface area (Å²) in [5.41, 5.74) is 3.30. The second-order valence-electron chi connectivity index (χ2n) is 8.30. The normalized spacial score (nSPS) is 23.8. The predicted molar refractivity (Wildman–Crippen MR) is 123 cm³/mol. The van der Waals surface area contributed by atoms with Crippen molar-refractivity contribution >= 4 is 53.6 Å². The second kappa shape index (κ2) is 7.26. The first-order chi connectivity index (χ1) is 14.7. The standard InChI is InChI=1S/C23H21AsClN4O/c25-14-5-6-17-15(11-14)21(24-16-12-29-9-7-13(16)8-10-29)20(23(30)28-17)22-26-18-3-1-2-4-19(18)27-22/h1-6,11,13,16H,7-10,12H2,(H,26,27)(H,28,30)/t16-/m1/s1. The van der Waals surface area contributed by atoms with Crippen molar-refractivity contribution in [3.63, 3.8) is 0 Å². The summed E-state index contributed by atoms with van der Waals surface area (Å²) in [6.07, 6.45) is 2.56. The summed E-state index contributed by atoms with van der Waals surface area (Å²) >= 11 is 6.17. The van der Waals surface area contributed by atoms with E-state index in [2.05, 4.69) is 14.9 Å². The maximum absolute atomic E-state index is 13.3. The zero-order valence-electron chi connectivity index (χ0n) is 16.4. The molecule has 5 nitrogen and oxygen atoms in total. The molecule has 3 saturated heterocycles. The first-order valence-corrected chi connectivity index (χ1v) is 12.8. The van der Waals surface area contributed by atoms with Crippen LogP contribution in [0.15, 0.2) is 47.3 Å². The molecule has 30 heavy (non-hydrogen) atoms. The molecule has 151 valence electrons. The molecule has 1 radical (unpaired) electrons. The number of imidazole rings is 1. The summed E-state index contributed by atoms with van der Waals surface area (Å²) in [7, 11) is 0. The number of nitrogens with one attached hydrogen (secondary N) is 2. The molecule has 0 aliphatic carbocycles. The van der Waals surface area contributed by atoms with E-state index < -0.39 is 0 Å². The molecule has 0 saturated carbocycles. The van der Waals surface area contributed by atoms with Crippen LogP contribution in [0.4, 0.5) is 0 Å². The van der Waals surface area contributed by atoms with Gasteiger partial charge >= 0.3 is 186 Å². The predicted octanol–water partition coefficient (Wildman–Crippen LogP) is 3.57. The van der Waals surface area contributed by atoms with Crippen molar-refractivity contribution < 1.29 is 0 Å². The van der Waals surface area contributed by atoms with Gasteiger partial charge in [-0.2, -0.15) is 0 Å². The molecule has 2 bridgehead atoms. The van der Waals surface area contributed by atoms with Gasteiger partial charge in [-0.15, -0.1) is 0 Å². The molecule has 2 N–H and O–H groups in total. The minimum absolute atomic E-state index is 0.0736. The fraction of sp³-hybridized carbons (Fsp3) is 0.304. The number of hydrogen-bond acceptors (Lipinski definition) is 3. The average Bonchev–Trinajstić information content (AvgIpc) is 3.19. The summed E-state index contributed by atoms with van der Waals surface area (Å²) in [6.45, 7) is 3.60. The molecule has 3 aliphatic heterocycles. The van der Waals surface area contributed by atoms with Crippen molar-refractivity contribution in [1.82, 2.24) is 19.9 Å². The van der Waals surface area contributed by atoms with Crippen LogP contribution < -0.4 is 9.91 Å². The van der Waals surface area contributed by atoms with Crippen LogP contribution in [0.3, 0.4) is 0 Å². The molecule has 3 aliphatic rings. The quantitative estimate of drug-likeness (QED) is 0.442. The first-order valence-electron chi connectivity index (χ1n) is 10.4. The SMILES string of the molecule is O=c1[nH]c2ccc(Cl)cc2c([As][C@@H]2CN3CCC2CC3)c1-c1nc2ccccc2[nH]1. The fourth-order valence-corrected chi connectivity index (χ4v) is 8.90. The number of pyridine rings is 1. The number of benzene rings is 2. The Hall–Kier alpha value is -2.07. The number of nitrogens with zero attached hydrogens (tertiary/aromatic N) is 2. The number of piperidine rings is 3. The third-order valence-electron chi connectivity index (χ3n) is 6.49. The van der Waals surface area contributed by atoms with E-state index in [1.54, 1.807) is 0 Å². The molecular weight excluding hydrogens is 459 g/mol. The number of fused-ring (bicyclic) bond motifs is 5. The summed E-state index contributed by atoms with van der Waals surface area (Å²) in [4.78, 5) is 27.1. The van der Waals surface area contributed by atoms with Gasteiger partial charge in [0.2, 0.25) is 0 Å². The van der Waals surface area contributed by atoms with Crippen LogP contribution >= 0.6 is 11.6 Å². The Bertz CT molecular complexity index is 1290. The van der Waals surface area contributed by atoms with Gasteiger partial charge in [-0.25, -0.2) is 0 Å². The number of H-pyrrole nitrogens is 2. The Kier molecular flexibility index (Phi) is 4.52. The average molecular weight is 480 g/mol. The fourth-order valence-electron chi connectivity index (χ4n) is 4.92. The molecule has 0 amide bonds. The van der Waals surface area contributed by atoms with Gasteiger partial charge < -0.3 is 0 Å². The van der Waals surface area contributed by atoms with Gasteiger partial charge in [0, 0.05) is 0 Å². The molecule has 1 atom stereocenters. The third-order valence-corrected chi connectivity index (χ3v) is 10.2. The molecule has 0 spiro atoms. The topological polar surface area (TPSA) is 64.8 Å². The van der Waals surface area contributed by atoms with Gasteiger partial charge in [0.15, 0.2) is 0 Å². The van der Waals surface area contributed by atoms with Crippen LogP contribution in [0, 0.1) is 5.92 Å². The van der Waals surface area contributed by atoms with Crippen molar-refractivity contribution in [2.45, 2.75) is 17.5 Å². The zero-order valence-corrected chi connectivity index (χ0v) is 19.0. The summed E-state index contributed by atoms with van der Waals surface area (Å²) < 4.78 is 1.81. The van der Waals surface area contributed by atoms with Crippen LogP contribution in [0.1, 0.15) is 12.8 Å². The molecule has 4 aromatic rings. The van der Waals surface area contributed by atoms with Gasteiger partial charge in [-0.05, 0) is 0 Å². The minimum atomic E-state index is -0.213. The number of halogens is 1. The van der Waals surface area contributed by atoms with Crippen molar-refractivity contribution in [3.8, 4) is 11.4 Å². The van der Waals surface area contributed by atoms with Crippen LogP contribution in [-0.4, -0.2) is 55.2 Å². The molecule has 0 unspecified atom stereocenters. The van der Waals surface area contributed by atoms with E-state index in [4.69, 9.17) is 16.6 Å². The summed E-state index contributed by atoms with van der Waals surface area (Å²) in [5, 5.41) is 1.76. The maximum atomic E-state index is 13.3. The summed E-state index contributed by atoms with van der Waals surface area (Å²) in [6, 6.07) is 13.7. The number of hydrogen-bond donors (Lipinski definition) is 2. The molecule has 2 aromatic heterocycles. The molecule has 7 rings (SSSR count). The van der Waals surface area contributed by atoms with Gasteiger partial charge in [0.1, 0.15) is 0 Å². The Morgan fingerprint density at radius 3 is 2.67 bits per heavy atom.